The molecule has 1 aliphatic rings. The summed E-state index contributed by atoms with van der Waals surface area (Å²) in [5.41, 5.74) is 1.34. The Kier molecular flexibility index (Phi) is 5.35. The molecule has 1 saturated carbocycles. The van der Waals surface area contributed by atoms with Crippen molar-refractivity contribution >= 4 is 17.7 Å². The maximum atomic E-state index is 11.6. The zero-order valence-corrected chi connectivity index (χ0v) is 14.5. The average molecular weight is 343 g/mol. The molecular formula is C18H21N3O2S. The highest BCUT2D eigenvalue weighted by Gasteiger charge is 2.43. The number of rotatable bonds is 8. The van der Waals surface area contributed by atoms with Crippen LogP contribution in [0.4, 0.5) is 0 Å². The summed E-state index contributed by atoms with van der Waals surface area (Å²) in [7, 11) is 0. The van der Waals surface area contributed by atoms with Gasteiger partial charge in [0, 0.05) is 12.5 Å². The number of nitrogens with zero attached hydrogens (tertiary/aromatic N) is 3. The largest absolute Gasteiger partial charge is 0.465 e. The van der Waals surface area contributed by atoms with E-state index < -0.39 is 0 Å². The van der Waals surface area contributed by atoms with Gasteiger partial charge in [0.1, 0.15) is 5.82 Å². The minimum absolute atomic E-state index is 0.231. The molecule has 126 valence electrons. The summed E-state index contributed by atoms with van der Waals surface area (Å²) in [6, 6.07) is 10.5. The van der Waals surface area contributed by atoms with E-state index in [1.165, 1.54) is 17.3 Å². The van der Waals surface area contributed by atoms with Gasteiger partial charge in [-0.3, -0.25) is 4.79 Å². The fourth-order valence-corrected chi connectivity index (χ4v) is 3.61. The lowest BCUT2D eigenvalue weighted by Crippen LogP contribution is -2.09. The van der Waals surface area contributed by atoms with Gasteiger partial charge in [-0.25, -0.2) is 0 Å². The van der Waals surface area contributed by atoms with Crippen molar-refractivity contribution < 1.29 is 9.53 Å². The third kappa shape index (κ3) is 3.70. The lowest BCUT2D eigenvalue weighted by molar-refractivity contribution is -0.139. The van der Waals surface area contributed by atoms with Gasteiger partial charge in [-0.2, -0.15) is 0 Å². The maximum absolute atomic E-state index is 11.6. The second kappa shape index (κ2) is 7.66. The Hall–Kier alpha value is -2.08. The van der Waals surface area contributed by atoms with Crippen LogP contribution in [0.25, 0.3) is 0 Å². The van der Waals surface area contributed by atoms with Crippen LogP contribution in [0.1, 0.15) is 36.6 Å². The van der Waals surface area contributed by atoms with Gasteiger partial charge >= 0.3 is 5.97 Å². The molecule has 0 radical (unpaired) electrons. The Bertz CT molecular complexity index is 714. The molecule has 3 rings (SSSR count). The van der Waals surface area contributed by atoms with Gasteiger partial charge in [0.2, 0.25) is 0 Å². The van der Waals surface area contributed by atoms with Gasteiger partial charge in [0.05, 0.1) is 12.4 Å². The lowest BCUT2D eigenvalue weighted by atomic mass is 10.1. The first-order valence-corrected chi connectivity index (χ1v) is 9.10. The Morgan fingerprint density at radius 1 is 1.38 bits per heavy atom. The first-order chi connectivity index (χ1) is 11.7. The highest BCUT2D eigenvalue weighted by molar-refractivity contribution is 7.99. The third-order valence-electron chi connectivity index (χ3n) is 4.03. The molecule has 0 amide bonds. The molecular weight excluding hydrogens is 322 g/mol. The number of carbonyl (C=O) groups excluding carboxylic acids is 1. The molecule has 1 aliphatic carbocycles. The second-order valence-electron chi connectivity index (χ2n) is 5.69. The fourth-order valence-electron chi connectivity index (χ4n) is 2.86. The van der Waals surface area contributed by atoms with Crippen LogP contribution >= 0.6 is 11.8 Å². The second-order valence-corrected chi connectivity index (χ2v) is 6.64. The van der Waals surface area contributed by atoms with Crippen LogP contribution in [0, 0.1) is 0 Å². The highest BCUT2D eigenvalue weighted by Crippen LogP contribution is 2.54. The Morgan fingerprint density at radius 3 is 2.88 bits per heavy atom. The molecule has 2 aromatic rings. The van der Waals surface area contributed by atoms with Crippen LogP contribution in [-0.4, -0.2) is 33.1 Å². The predicted molar refractivity (Wildman–Crippen MR) is 94.1 cm³/mol. The van der Waals surface area contributed by atoms with Crippen molar-refractivity contribution in [3.8, 4) is 0 Å². The number of esters is 1. The Labute approximate surface area is 146 Å². The van der Waals surface area contributed by atoms with Crippen molar-refractivity contribution in [3.63, 3.8) is 0 Å². The molecule has 1 aromatic carbocycles. The normalized spacial score (nSPS) is 19.0. The van der Waals surface area contributed by atoms with Gasteiger partial charge < -0.3 is 9.30 Å². The smallest absolute Gasteiger partial charge is 0.316 e. The molecule has 0 aliphatic heterocycles. The number of thioether (sulfide) groups is 1. The number of hydrogen-bond donors (Lipinski definition) is 0. The van der Waals surface area contributed by atoms with Crippen molar-refractivity contribution in [3.05, 3.63) is 54.4 Å². The quantitative estimate of drug-likeness (QED) is 0.418. The van der Waals surface area contributed by atoms with Crippen molar-refractivity contribution in [1.82, 2.24) is 14.8 Å². The molecule has 5 nitrogen and oxygen atoms in total. The van der Waals surface area contributed by atoms with Crippen LogP contribution in [0.2, 0.25) is 0 Å². The van der Waals surface area contributed by atoms with E-state index >= 15 is 0 Å². The van der Waals surface area contributed by atoms with E-state index in [-0.39, 0.29) is 11.7 Å². The van der Waals surface area contributed by atoms with E-state index in [1.807, 2.05) is 12.1 Å². The summed E-state index contributed by atoms with van der Waals surface area (Å²) >= 11 is 1.37. The molecule has 2 unspecified atom stereocenters. The third-order valence-corrected chi connectivity index (χ3v) is 4.97. The number of hydrogen-bond acceptors (Lipinski definition) is 5. The average Bonchev–Trinajstić information content (AvgIpc) is 3.30. The molecule has 1 aromatic heterocycles. The molecule has 0 saturated heterocycles. The topological polar surface area (TPSA) is 57.0 Å². The predicted octanol–water partition coefficient (Wildman–Crippen LogP) is 3.39. The molecule has 2 atom stereocenters. The van der Waals surface area contributed by atoms with Crippen molar-refractivity contribution in [2.45, 2.75) is 36.9 Å². The summed E-state index contributed by atoms with van der Waals surface area (Å²) < 4.78 is 7.03. The highest BCUT2D eigenvalue weighted by atomic mass is 32.2. The molecule has 6 heteroatoms. The van der Waals surface area contributed by atoms with E-state index in [4.69, 9.17) is 4.74 Å². The van der Waals surface area contributed by atoms with Gasteiger partial charge in [-0.05, 0) is 24.8 Å². The summed E-state index contributed by atoms with van der Waals surface area (Å²) in [6.07, 6.45) is 2.92. The van der Waals surface area contributed by atoms with Gasteiger partial charge in [-0.1, -0.05) is 48.2 Å². The number of allylic oxidation sites excluding steroid dienone is 1. The lowest BCUT2D eigenvalue weighted by Gasteiger charge is -2.07. The van der Waals surface area contributed by atoms with Crippen LogP contribution in [0.5, 0.6) is 0 Å². The van der Waals surface area contributed by atoms with Crippen LogP contribution in [0.15, 0.2) is 48.1 Å². The number of aromatic nitrogens is 3. The SMILES string of the molecule is C=CCn1c(SCC(=O)OCC)nnc1C1CC1c1ccccc1. The maximum Gasteiger partial charge on any atom is 0.316 e. The van der Waals surface area contributed by atoms with E-state index in [0.29, 0.717) is 25.0 Å². The number of ether oxygens (including phenoxy) is 1. The monoisotopic (exact) mass is 343 g/mol. The summed E-state index contributed by atoms with van der Waals surface area (Å²) in [4.78, 5) is 11.6. The van der Waals surface area contributed by atoms with Crippen molar-refractivity contribution in [1.29, 1.82) is 0 Å². The van der Waals surface area contributed by atoms with Gasteiger partial charge in [0.15, 0.2) is 5.16 Å². The standard InChI is InChI=1S/C18H21N3O2S/c1-3-10-21-17(15-11-14(15)13-8-6-5-7-9-13)19-20-18(21)24-12-16(22)23-4-2/h3,5-9,14-15H,1,4,10-12H2,2H3. The molecule has 24 heavy (non-hydrogen) atoms. The van der Waals surface area contributed by atoms with E-state index in [0.717, 1.165) is 17.4 Å². The van der Waals surface area contributed by atoms with E-state index in [1.54, 1.807) is 6.92 Å². The minimum atomic E-state index is -0.231. The van der Waals surface area contributed by atoms with E-state index in [9.17, 15) is 4.79 Å². The summed E-state index contributed by atoms with van der Waals surface area (Å²) in [6.45, 7) is 6.66. The molecule has 0 N–H and O–H groups in total. The molecule has 0 spiro atoms. The van der Waals surface area contributed by atoms with E-state index in [2.05, 4.69) is 45.6 Å². The Morgan fingerprint density at radius 2 is 2.17 bits per heavy atom. The summed E-state index contributed by atoms with van der Waals surface area (Å²) in [5, 5.41) is 9.41. The molecule has 0 bridgehead atoms. The van der Waals surface area contributed by atoms with Crippen molar-refractivity contribution in [2.75, 3.05) is 12.4 Å². The van der Waals surface area contributed by atoms with Crippen LogP contribution < -0.4 is 0 Å². The fraction of sp³-hybridized carbons (Fsp3) is 0.389. The number of benzene rings is 1. The van der Waals surface area contributed by atoms with Crippen LogP contribution in [-0.2, 0) is 16.1 Å². The van der Waals surface area contributed by atoms with Crippen molar-refractivity contribution in [2.24, 2.45) is 0 Å². The first kappa shape index (κ1) is 16.8. The van der Waals surface area contributed by atoms with Gasteiger partial charge in [-0.15, -0.1) is 16.8 Å². The first-order valence-electron chi connectivity index (χ1n) is 8.12. The van der Waals surface area contributed by atoms with Crippen LogP contribution in [0.3, 0.4) is 0 Å². The minimum Gasteiger partial charge on any atom is -0.465 e. The zero-order valence-electron chi connectivity index (χ0n) is 13.7. The molecule has 1 fully saturated rings. The number of carbonyl (C=O) groups is 1. The molecule has 1 heterocycles. The zero-order chi connectivity index (χ0) is 16.9. The van der Waals surface area contributed by atoms with Gasteiger partial charge in [0.25, 0.3) is 0 Å². The summed E-state index contributed by atoms with van der Waals surface area (Å²) in [5.74, 6) is 1.88. The Balaban J connectivity index is 1.72.